The fraction of sp³-hybridized carbons (Fsp3) is 0.706. The minimum atomic E-state index is 0.699. The summed E-state index contributed by atoms with van der Waals surface area (Å²) in [4.78, 5) is 9.81. The predicted octanol–water partition coefficient (Wildman–Crippen LogP) is 2.50. The van der Waals surface area contributed by atoms with Crippen LogP contribution < -0.4 is 10.2 Å². The first-order valence-electron chi connectivity index (χ1n) is 8.40. The van der Waals surface area contributed by atoms with Gasteiger partial charge in [0.15, 0.2) is 0 Å². The second-order valence-electron chi connectivity index (χ2n) is 5.94. The van der Waals surface area contributed by atoms with Crippen LogP contribution in [0.3, 0.4) is 0 Å². The molecule has 4 heteroatoms. The first-order valence-corrected chi connectivity index (χ1v) is 8.40. The van der Waals surface area contributed by atoms with E-state index >= 15 is 0 Å². The van der Waals surface area contributed by atoms with Gasteiger partial charge in [0, 0.05) is 38.8 Å². The Morgan fingerprint density at radius 3 is 2.62 bits per heavy atom. The molecule has 1 aromatic rings. The Balaban J connectivity index is 1.89. The summed E-state index contributed by atoms with van der Waals surface area (Å²) in [5.41, 5.74) is 1.14. The smallest absolute Gasteiger partial charge is 0.128 e. The van der Waals surface area contributed by atoms with E-state index in [0.29, 0.717) is 6.04 Å². The lowest BCUT2D eigenvalue weighted by molar-refractivity contribution is 0.192. The van der Waals surface area contributed by atoms with E-state index in [4.69, 9.17) is 4.98 Å². The molecule has 0 aromatic carbocycles. The topological polar surface area (TPSA) is 31.4 Å². The maximum atomic E-state index is 4.80. The highest BCUT2D eigenvalue weighted by Crippen LogP contribution is 2.16. The van der Waals surface area contributed by atoms with E-state index < -0.39 is 0 Å². The van der Waals surface area contributed by atoms with Crippen LogP contribution in [0, 0.1) is 0 Å². The van der Waals surface area contributed by atoms with E-state index in [-0.39, 0.29) is 0 Å². The number of hydrogen-bond acceptors (Lipinski definition) is 4. The minimum Gasteiger partial charge on any atom is -0.354 e. The zero-order chi connectivity index (χ0) is 15.1. The maximum Gasteiger partial charge on any atom is 0.128 e. The second kappa shape index (κ2) is 8.35. The number of rotatable bonds is 7. The third kappa shape index (κ3) is 4.68. The molecule has 0 bridgehead atoms. The van der Waals surface area contributed by atoms with E-state index in [1.807, 2.05) is 0 Å². The number of nitrogens with zero attached hydrogens (tertiary/aromatic N) is 3. The molecular weight excluding hydrogens is 260 g/mol. The number of hydrogen-bond donors (Lipinski definition) is 1. The Hall–Kier alpha value is -1.13. The van der Waals surface area contributed by atoms with Gasteiger partial charge in [-0.05, 0) is 38.4 Å². The van der Waals surface area contributed by atoms with Crippen molar-refractivity contribution in [1.82, 2.24) is 15.2 Å². The van der Waals surface area contributed by atoms with Crippen molar-refractivity contribution in [1.29, 1.82) is 0 Å². The Kier molecular flexibility index (Phi) is 6.46. The number of piperazine rings is 1. The number of nitrogens with one attached hydrogen (secondary N) is 1. The normalized spacial score (nSPS) is 18.0. The van der Waals surface area contributed by atoms with Crippen molar-refractivity contribution in [3.05, 3.63) is 23.9 Å². The van der Waals surface area contributed by atoms with E-state index in [2.05, 4.69) is 54.1 Å². The Morgan fingerprint density at radius 2 is 1.95 bits per heavy atom. The zero-order valence-electron chi connectivity index (χ0n) is 13.8. The molecule has 0 aliphatic carbocycles. The molecular formula is C17H30N4. The number of pyridine rings is 1. The molecule has 1 fully saturated rings. The van der Waals surface area contributed by atoms with Gasteiger partial charge < -0.3 is 10.2 Å². The molecule has 1 aromatic heterocycles. The van der Waals surface area contributed by atoms with Crippen molar-refractivity contribution in [3.63, 3.8) is 0 Å². The molecule has 1 saturated heterocycles. The van der Waals surface area contributed by atoms with Crippen LogP contribution in [0.15, 0.2) is 18.2 Å². The first kappa shape index (κ1) is 16.2. The molecule has 0 amide bonds. The molecule has 0 radical (unpaired) electrons. The Labute approximate surface area is 129 Å². The average Bonchev–Trinajstić information content (AvgIpc) is 2.55. The Bertz CT molecular complexity index is 413. The maximum absolute atomic E-state index is 4.80. The highest BCUT2D eigenvalue weighted by molar-refractivity contribution is 5.39. The van der Waals surface area contributed by atoms with Crippen LogP contribution in [0.2, 0.25) is 0 Å². The Morgan fingerprint density at radius 1 is 1.19 bits per heavy atom. The van der Waals surface area contributed by atoms with Gasteiger partial charge in [-0.3, -0.25) is 4.90 Å². The van der Waals surface area contributed by atoms with Gasteiger partial charge in [0.2, 0.25) is 0 Å². The molecule has 2 heterocycles. The number of anilines is 1. The van der Waals surface area contributed by atoms with Crippen LogP contribution in [-0.4, -0.2) is 48.6 Å². The summed E-state index contributed by atoms with van der Waals surface area (Å²) in [5.74, 6) is 1.13. The van der Waals surface area contributed by atoms with Gasteiger partial charge >= 0.3 is 0 Å². The highest BCUT2D eigenvalue weighted by Gasteiger charge is 2.20. The molecule has 21 heavy (non-hydrogen) atoms. The van der Waals surface area contributed by atoms with E-state index in [9.17, 15) is 0 Å². The third-order valence-electron chi connectivity index (χ3n) is 4.38. The van der Waals surface area contributed by atoms with Crippen LogP contribution >= 0.6 is 0 Å². The molecule has 4 nitrogen and oxygen atoms in total. The zero-order valence-corrected chi connectivity index (χ0v) is 13.8. The van der Waals surface area contributed by atoms with Gasteiger partial charge in [-0.25, -0.2) is 4.98 Å². The van der Waals surface area contributed by atoms with Crippen molar-refractivity contribution in [2.45, 2.75) is 46.2 Å². The molecule has 0 spiro atoms. The molecule has 2 rings (SSSR count). The van der Waals surface area contributed by atoms with Gasteiger partial charge in [-0.2, -0.15) is 0 Å². The first-order chi connectivity index (χ1) is 10.2. The van der Waals surface area contributed by atoms with Crippen molar-refractivity contribution in [2.75, 3.05) is 37.6 Å². The lowest BCUT2D eigenvalue weighted by atomic mass is 10.2. The predicted molar refractivity (Wildman–Crippen MR) is 89.8 cm³/mol. The van der Waals surface area contributed by atoms with Crippen molar-refractivity contribution in [2.24, 2.45) is 0 Å². The van der Waals surface area contributed by atoms with Crippen molar-refractivity contribution < 1.29 is 0 Å². The summed E-state index contributed by atoms with van der Waals surface area (Å²) in [6.07, 6.45) is 2.40. The molecule has 1 N–H and O–H groups in total. The number of aromatic nitrogens is 1. The van der Waals surface area contributed by atoms with Gasteiger partial charge in [-0.15, -0.1) is 0 Å². The molecule has 118 valence electrons. The largest absolute Gasteiger partial charge is 0.354 e. The lowest BCUT2D eigenvalue weighted by Crippen LogP contribution is -2.49. The molecule has 0 saturated carbocycles. The summed E-state index contributed by atoms with van der Waals surface area (Å²) in [6.45, 7) is 13.2. The third-order valence-corrected chi connectivity index (χ3v) is 4.38. The monoisotopic (exact) mass is 290 g/mol. The lowest BCUT2D eigenvalue weighted by Gasteiger charge is -2.38. The molecule has 1 atom stereocenters. The second-order valence-corrected chi connectivity index (χ2v) is 5.94. The van der Waals surface area contributed by atoms with Gasteiger partial charge in [-0.1, -0.05) is 19.9 Å². The van der Waals surface area contributed by atoms with Crippen molar-refractivity contribution in [3.8, 4) is 0 Å². The van der Waals surface area contributed by atoms with Crippen LogP contribution in [-0.2, 0) is 6.54 Å². The average molecular weight is 290 g/mol. The van der Waals surface area contributed by atoms with Crippen LogP contribution in [0.4, 0.5) is 5.82 Å². The van der Waals surface area contributed by atoms with Crippen LogP contribution in [0.1, 0.15) is 39.3 Å². The van der Waals surface area contributed by atoms with Crippen LogP contribution in [0.25, 0.3) is 0 Å². The van der Waals surface area contributed by atoms with Crippen molar-refractivity contribution >= 4 is 5.82 Å². The molecule has 1 aliphatic rings. The summed E-state index contributed by atoms with van der Waals surface area (Å²) in [6, 6.07) is 7.08. The van der Waals surface area contributed by atoms with Gasteiger partial charge in [0.05, 0.1) is 5.69 Å². The van der Waals surface area contributed by atoms with Gasteiger partial charge in [0.1, 0.15) is 5.82 Å². The SMILES string of the molecule is CCCNCc1cccc(N2CCN(C(C)CC)CC2)n1. The van der Waals surface area contributed by atoms with E-state index in [0.717, 1.165) is 57.2 Å². The quantitative estimate of drug-likeness (QED) is 0.782. The van der Waals surface area contributed by atoms with E-state index in [1.54, 1.807) is 0 Å². The molecule has 1 aliphatic heterocycles. The van der Waals surface area contributed by atoms with Crippen LogP contribution in [0.5, 0.6) is 0 Å². The summed E-state index contributed by atoms with van der Waals surface area (Å²) >= 11 is 0. The fourth-order valence-corrected chi connectivity index (χ4v) is 2.78. The van der Waals surface area contributed by atoms with E-state index in [1.165, 1.54) is 6.42 Å². The summed E-state index contributed by atoms with van der Waals surface area (Å²) < 4.78 is 0. The summed E-state index contributed by atoms with van der Waals surface area (Å²) in [7, 11) is 0. The minimum absolute atomic E-state index is 0.699. The summed E-state index contributed by atoms with van der Waals surface area (Å²) in [5, 5.41) is 3.42. The standard InChI is InChI=1S/C17H30N4/c1-4-9-18-14-16-7-6-8-17(19-16)21-12-10-20(11-13-21)15(3)5-2/h6-8,15,18H,4-5,9-14H2,1-3H3. The van der Waals surface area contributed by atoms with Gasteiger partial charge in [0.25, 0.3) is 0 Å². The highest BCUT2D eigenvalue weighted by atomic mass is 15.3. The fourth-order valence-electron chi connectivity index (χ4n) is 2.78. The molecule has 1 unspecified atom stereocenters.